The molecule has 4 nitrogen and oxygen atoms in total. The van der Waals surface area contributed by atoms with Gasteiger partial charge in [0.25, 0.3) is 0 Å². The summed E-state index contributed by atoms with van der Waals surface area (Å²) in [6.07, 6.45) is -0.283. The van der Waals surface area contributed by atoms with Crippen molar-refractivity contribution in [2.24, 2.45) is 4.99 Å². The molecule has 0 fully saturated rings. The monoisotopic (exact) mass is 229 g/mol. The van der Waals surface area contributed by atoms with Crippen molar-refractivity contribution < 1.29 is 18.0 Å². The maximum Gasteiger partial charge on any atom is 0.419 e. The molecule has 84 valence electrons. The van der Waals surface area contributed by atoms with Gasteiger partial charge in [-0.05, 0) is 12.2 Å². The fraction of sp³-hybridized carbons (Fsp3) is 0.222. The highest BCUT2D eigenvalue weighted by molar-refractivity contribution is 6.05. The van der Waals surface area contributed by atoms with E-state index in [1.54, 1.807) is 0 Å². The SMILES string of the molecule is O=C1C=CC(n2cc(C(F)(F)F)cn2)=NC1. The quantitative estimate of drug-likeness (QED) is 0.672. The Balaban J connectivity index is 2.27. The number of nitrogens with zero attached hydrogens (tertiary/aromatic N) is 3. The van der Waals surface area contributed by atoms with E-state index in [2.05, 4.69) is 10.1 Å². The maximum atomic E-state index is 12.3. The summed E-state index contributed by atoms with van der Waals surface area (Å²) in [6, 6.07) is 0. The third-order valence-corrected chi connectivity index (χ3v) is 1.96. The number of ketones is 1. The second kappa shape index (κ2) is 3.58. The van der Waals surface area contributed by atoms with E-state index in [0.29, 0.717) is 6.20 Å². The second-order valence-electron chi connectivity index (χ2n) is 3.15. The Hall–Kier alpha value is -1.92. The Labute approximate surface area is 88.1 Å². The van der Waals surface area contributed by atoms with Crippen LogP contribution in [0.4, 0.5) is 13.2 Å². The lowest BCUT2D eigenvalue weighted by Crippen LogP contribution is -2.16. The van der Waals surface area contributed by atoms with Crippen LogP contribution < -0.4 is 0 Å². The Bertz CT molecular complexity index is 484. The van der Waals surface area contributed by atoms with Crippen LogP contribution in [-0.4, -0.2) is 27.9 Å². The smallest absolute Gasteiger partial charge is 0.293 e. The summed E-state index contributed by atoms with van der Waals surface area (Å²) >= 11 is 0. The van der Waals surface area contributed by atoms with Crippen molar-refractivity contribution >= 4 is 11.6 Å². The standard InChI is InChI=1S/C9H6F3N3O/c10-9(11,12)6-3-14-15(5-6)8-2-1-7(16)4-13-8/h1-3,5H,4H2. The zero-order valence-electron chi connectivity index (χ0n) is 7.90. The predicted octanol–water partition coefficient (Wildman–Crippen LogP) is 1.29. The first-order valence-electron chi connectivity index (χ1n) is 4.34. The van der Waals surface area contributed by atoms with Gasteiger partial charge in [0.15, 0.2) is 5.78 Å². The average molecular weight is 229 g/mol. The van der Waals surface area contributed by atoms with Gasteiger partial charge in [-0.25, -0.2) is 4.68 Å². The summed E-state index contributed by atoms with van der Waals surface area (Å²) in [5.41, 5.74) is -0.847. The average Bonchev–Trinajstić information content (AvgIpc) is 2.67. The number of hydrogen-bond acceptors (Lipinski definition) is 3. The molecule has 1 aromatic rings. The predicted molar refractivity (Wildman–Crippen MR) is 49.1 cm³/mol. The van der Waals surface area contributed by atoms with Gasteiger partial charge in [0, 0.05) is 6.20 Å². The Morgan fingerprint density at radius 1 is 1.31 bits per heavy atom. The largest absolute Gasteiger partial charge is 0.419 e. The minimum Gasteiger partial charge on any atom is -0.293 e. The van der Waals surface area contributed by atoms with E-state index in [-0.39, 0.29) is 18.2 Å². The fourth-order valence-corrected chi connectivity index (χ4v) is 1.18. The van der Waals surface area contributed by atoms with Crippen LogP contribution in [0, 0.1) is 0 Å². The summed E-state index contributed by atoms with van der Waals surface area (Å²) in [6.45, 7) is -0.0625. The van der Waals surface area contributed by atoms with Gasteiger partial charge in [-0.3, -0.25) is 9.79 Å². The molecule has 1 aromatic heterocycles. The molecule has 0 bridgehead atoms. The van der Waals surface area contributed by atoms with Gasteiger partial charge in [0.2, 0.25) is 0 Å². The summed E-state index contributed by atoms with van der Waals surface area (Å²) in [4.78, 5) is 14.6. The molecular weight excluding hydrogens is 223 g/mol. The van der Waals surface area contributed by atoms with Gasteiger partial charge in [0.1, 0.15) is 12.4 Å². The molecule has 0 atom stereocenters. The molecule has 1 aliphatic heterocycles. The van der Waals surface area contributed by atoms with Crippen molar-refractivity contribution in [3.05, 3.63) is 30.1 Å². The van der Waals surface area contributed by atoms with Crippen LogP contribution in [0.2, 0.25) is 0 Å². The van der Waals surface area contributed by atoms with E-state index >= 15 is 0 Å². The number of hydrogen-bond donors (Lipinski definition) is 0. The Morgan fingerprint density at radius 3 is 2.56 bits per heavy atom. The molecule has 0 aliphatic carbocycles. The summed E-state index contributed by atoms with van der Waals surface area (Å²) in [5.74, 6) is 0.0297. The maximum absolute atomic E-state index is 12.3. The lowest BCUT2D eigenvalue weighted by molar-refractivity contribution is -0.137. The Morgan fingerprint density at radius 2 is 2.06 bits per heavy atom. The van der Waals surface area contributed by atoms with Crippen LogP contribution in [0.15, 0.2) is 29.5 Å². The number of dihydropyridines is 1. The van der Waals surface area contributed by atoms with Crippen LogP contribution in [0.1, 0.15) is 5.56 Å². The third-order valence-electron chi connectivity index (χ3n) is 1.96. The molecule has 0 N–H and O–H groups in total. The van der Waals surface area contributed by atoms with Crippen LogP contribution in [0.25, 0.3) is 0 Å². The molecule has 0 unspecified atom stereocenters. The molecule has 0 spiro atoms. The number of alkyl halides is 3. The van der Waals surface area contributed by atoms with Gasteiger partial charge < -0.3 is 0 Å². The number of allylic oxidation sites excluding steroid dienone is 1. The molecule has 0 aromatic carbocycles. The molecule has 1 aliphatic rings. The second-order valence-corrected chi connectivity index (χ2v) is 3.15. The van der Waals surface area contributed by atoms with Crippen LogP contribution in [-0.2, 0) is 11.0 Å². The van der Waals surface area contributed by atoms with E-state index in [1.165, 1.54) is 12.2 Å². The zero-order chi connectivity index (χ0) is 11.8. The highest BCUT2D eigenvalue weighted by Crippen LogP contribution is 2.28. The topological polar surface area (TPSA) is 47.2 Å². The van der Waals surface area contributed by atoms with E-state index < -0.39 is 11.7 Å². The highest BCUT2D eigenvalue weighted by atomic mass is 19.4. The van der Waals surface area contributed by atoms with Crippen molar-refractivity contribution in [2.45, 2.75) is 6.18 Å². The minimum atomic E-state index is -4.42. The van der Waals surface area contributed by atoms with Crippen LogP contribution in [0.3, 0.4) is 0 Å². The molecule has 0 amide bonds. The highest BCUT2D eigenvalue weighted by Gasteiger charge is 2.32. The van der Waals surface area contributed by atoms with E-state index in [9.17, 15) is 18.0 Å². The molecule has 0 saturated heterocycles. The van der Waals surface area contributed by atoms with Crippen molar-refractivity contribution in [2.75, 3.05) is 6.54 Å². The first-order valence-corrected chi connectivity index (χ1v) is 4.34. The van der Waals surface area contributed by atoms with Crippen LogP contribution in [0.5, 0.6) is 0 Å². The number of carbonyl (C=O) groups excluding carboxylic acids is 1. The fourth-order valence-electron chi connectivity index (χ4n) is 1.18. The van der Waals surface area contributed by atoms with Gasteiger partial charge in [-0.1, -0.05) is 0 Å². The van der Waals surface area contributed by atoms with Gasteiger partial charge >= 0.3 is 6.18 Å². The van der Waals surface area contributed by atoms with E-state index in [4.69, 9.17) is 0 Å². The van der Waals surface area contributed by atoms with Gasteiger partial charge in [-0.2, -0.15) is 18.3 Å². The van der Waals surface area contributed by atoms with E-state index in [0.717, 1.165) is 10.9 Å². The molecule has 16 heavy (non-hydrogen) atoms. The molecule has 2 heterocycles. The van der Waals surface area contributed by atoms with Crippen molar-refractivity contribution in [1.82, 2.24) is 9.78 Å². The lowest BCUT2D eigenvalue weighted by atomic mass is 10.3. The molecule has 0 saturated carbocycles. The number of halogens is 3. The molecule has 2 rings (SSSR count). The normalized spacial score (nSPS) is 16.4. The zero-order valence-corrected chi connectivity index (χ0v) is 7.90. The lowest BCUT2D eigenvalue weighted by Gasteiger charge is -2.05. The first kappa shape index (κ1) is 10.6. The van der Waals surface area contributed by atoms with Crippen molar-refractivity contribution in [1.29, 1.82) is 0 Å². The molecule has 0 radical (unpaired) electrons. The first-order chi connectivity index (χ1) is 7.47. The number of carbonyl (C=O) groups is 1. The summed E-state index contributed by atoms with van der Waals surface area (Å²) < 4.78 is 37.8. The molecular formula is C9H6F3N3O. The number of aromatic nitrogens is 2. The number of aliphatic imine (C=N–C) groups is 1. The van der Waals surface area contributed by atoms with Gasteiger partial charge in [-0.15, -0.1) is 0 Å². The van der Waals surface area contributed by atoms with Crippen molar-refractivity contribution in [3.8, 4) is 0 Å². The van der Waals surface area contributed by atoms with Gasteiger partial charge in [0.05, 0.1) is 11.8 Å². The third kappa shape index (κ3) is 2.02. The number of rotatable bonds is 0. The summed E-state index contributed by atoms with van der Waals surface area (Å²) in [7, 11) is 0. The minimum absolute atomic E-state index is 0.0625. The summed E-state index contributed by atoms with van der Waals surface area (Å²) in [5, 5.41) is 3.53. The van der Waals surface area contributed by atoms with E-state index in [1.807, 2.05) is 0 Å². The Kier molecular flexibility index (Phi) is 2.37. The van der Waals surface area contributed by atoms with Crippen molar-refractivity contribution in [3.63, 3.8) is 0 Å². The van der Waals surface area contributed by atoms with Crippen LogP contribution >= 0.6 is 0 Å². The molecule has 7 heteroatoms.